The van der Waals surface area contributed by atoms with Gasteiger partial charge in [0.1, 0.15) is 0 Å². The highest BCUT2D eigenvalue weighted by Crippen LogP contribution is 2.44. The Labute approximate surface area is 130 Å². The van der Waals surface area contributed by atoms with E-state index in [0.717, 1.165) is 28.5 Å². The van der Waals surface area contributed by atoms with Crippen molar-refractivity contribution in [3.05, 3.63) is 39.9 Å². The molecule has 2 unspecified atom stereocenters. The van der Waals surface area contributed by atoms with Gasteiger partial charge in [0, 0.05) is 9.89 Å². The molecule has 1 aliphatic rings. The Morgan fingerprint density at radius 2 is 1.90 bits per heavy atom. The van der Waals surface area contributed by atoms with E-state index in [9.17, 15) is 4.79 Å². The van der Waals surface area contributed by atoms with Crippen molar-refractivity contribution in [3.8, 4) is 0 Å². The maximum absolute atomic E-state index is 12.9. The molecule has 0 saturated heterocycles. The van der Waals surface area contributed by atoms with E-state index in [1.165, 1.54) is 0 Å². The zero-order valence-corrected chi connectivity index (χ0v) is 14.3. The molecule has 108 valence electrons. The van der Waals surface area contributed by atoms with E-state index in [2.05, 4.69) is 61.8 Å². The van der Waals surface area contributed by atoms with Gasteiger partial charge in [-0.3, -0.25) is 4.79 Å². The number of carbonyl (C=O) groups is 1. The first-order valence-electron chi connectivity index (χ1n) is 7.36. The van der Waals surface area contributed by atoms with Gasteiger partial charge in [-0.25, -0.2) is 0 Å². The summed E-state index contributed by atoms with van der Waals surface area (Å²) in [6.07, 6.45) is 4.18. The van der Waals surface area contributed by atoms with Crippen LogP contribution in [0, 0.1) is 17.3 Å². The van der Waals surface area contributed by atoms with Crippen LogP contribution in [0.25, 0.3) is 6.08 Å². The highest BCUT2D eigenvalue weighted by molar-refractivity contribution is 9.10. The molecule has 1 aromatic rings. The Bertz CT molecular complexity index is 527. The molecular formula is C18H23BrO. The Morgan fingerprint density at radius 3 is 2.45 bits per heavy atom. The molecular weight excluding hydrogens is 312 g/mol. The molecule has 0 bridgehead atoms. The minimum atomic E-state index is -0.201. The largest absolute Gasteiger partial charge is 0.294 e. The van der Waals surface area contributed by atoms with Crippen molar-refractivity contribution in [1.29, 1.82) is 0 Å². The number of Topliss-reactive ketones (excluding diaryl/α,β-unsaturated/α-hetero) is 1. The van der Waals surface area contributed by atoms with E-state index in [-0.39, 0.29) is 5.41 Å². The molecule has 0 N–H and O–H groups in total. The molecule has 1 aliphatic carbocycles. The summed E-state index contributed by atoms with van der Waals surface area (Å²) in [6, 6.07) is 8.15. The maximum atomic E-state index is 12.9. The molecule has 0 aromatic heterocycles. The minimum Gasteiger partial charge on any atom is -0.294 e. The average Bonchev–Trinajstić information content (AvgIpc) is 2.41. The molecule has 0 amide bonds. The van der Waals surface area contributed by atoms with Gasteiger partial charge in [0.2, 0.25) is 0 Å². The molecule has 1 aromatic carbocycles. The monoisotopic (exact) mass is 334 g/mol. The normalized spacial score (nSPS) is 29.2. The van der Waals surface area contributed by atoms with E-state index < -0.39 is 0 Å². The van der Waals surface area contributed by atoms with Crippen LogP contribution in [0.1, 0.15) is 46.1 Å². The van der Waals surface area contributed by atoms with Crippen LogP contribution in [-0.4, -0.2) is 5.78 Å². The van der Waals surface area contributed by atoms with Gasteiger partial charge in [-0.2, -0.15) is 0 Å². The van der Waals surface area contributed by atoms with Crippen LogP contribution in [0.5, 0.6) is 0 Å². The standard InChI is InChI=1S/C18H23BrO/c1-12(2)18(4)10-9-13(3)16(17(18)20)11-14-5-7-15(19)8-6-14/h5-8,11-13H,9-10H2,1-4H3/b16-11+. The van der Waals surface area contributed by atoms with Crippen LogP contribution in [0.15, 0.2) is 34.3 Å². The molecule has 0 aliphatic heterocycles. The van der Waals surface area contributed by atoms with Crippen molar-refractivity contribution in [2.75, 3.05) is 0 Å². The second-order valence-electron chi connectivity index (χ2n) is 6.49. The molecule has 0 heterocycles. The Balaban J connectivity index is 2.37. The van der Waals surface area contributed by atoms with Crippen LogP contribution in [0.2, 0.25) is 0 Å². The molecule has 20 heavy (non-hydrogen) atoms. The summed E-state index contributed by atoms with van der Waals surface area (Å²) < 4.78 is 1.06. The summed E-state index contributed by atoms with van der Waals surface area (Å²) in [5.74, 6) is 1.09. The minimum absolute atomic E-state index is 0.201. The van der Waals surface area contributed by atoms with Crippen molar-refractivity contribution in [2.45, 2.75) is 40.5 Å². The number of hydrogen-bond acceptors (Lipinski definition) is 1. The lowest BCUT2D eigenvalue weighted by Gasteiger charge is -2.39. The van der Waals surface area contributed by atoms with Crippen molar-refractivity contribution in [1.82, 2.24) is 0 Å². The fourth-order valence-electron chi connectivity index (χ4n) is 2.84. The van der Waals surface area contributed by atoms with E-state index >= 15 is 0 Å². The van der Waals surface area contributed by atoms with Gasteiger partial charge in [-0.15, -0.1) is 0 Å². The Hall–Kier alpha value is -0.890. The topological polar surface area (TPSA) is 17.1 Å². The quantitative estimate of drug-likeness (QED) is 0.653. The smallest absolute Gasteiger partial charge is 0.165 e. The molecule has 0 spiro atoms. The number of halogens is 1. The average molecular weight is 335 g/mol. The van der Waals surface area contributed by atoms with Gasteiger partial charge in [0.15, 0.2) is 5.78 Å². The summed E-state index contributed by atoms with van der Waals surface area (Å²) in [5.41, 5.74) is 1.90. The van der Waals surface area contributed by atoms with Gasteiger partial charge in [0.25, 0.3) is 0 Å². The van der Waals surface area contributed by atoms with E-state index in [1.807, 2.05) is 12.1 Å². The van der Waals surface area contributed by atoms with Crippen LogP contribution >= 0.6 is 15.9 Å². The molecule has 2 atom stereocenters. The first kappa shape index (κ1) is 15.5. The molecule has 1 fully saturated rings. The molecule has 0 radical (unpaired) electrons. The SMILES string of the molecule is CC1CCC(C)(C(C)C)C(=O)/C1=C/c1ccc(Br)cc1. The van der Waals surface area contributed by atoms with Crippen LogP contribution in [0.3, 0.4) is 0 Å². The van der Waals surface area contributed by atoms with Crippen molar-refractivity contribution < 1.29 is 4.79 Å². The Morgan fingerprint density at radius 1 is 1.30 bits per heavy atom. The number of rotatable bonds is 2. The van der Waals surface area contributed by atoms with Crippen LogP contribution < -0.4 is 0 Å². The number of carbonyl (C=O) groups excluding carboxylic acids is 1. The van der Waals surface area contributed by atoms with E-state index in [0.29, 0.717) is 17.6 Å². The lowest BCUT2D eigenvalue weighted by Crippen LogP contribution is -2.40. The first-order chi connectivity index (χ1) is 9.34. The van der Waals surface area contributed by atoms with E-state index in [4.69, 9.17) is 0 Å². The fraction of sp³-hybridized carbons (Fsp3) is 0.500. The molecule has 2 heteroatoms. The van der Waals surface area contributed by atoms with Gasteiger partial charge < -0.3 is 0 Å². The van der Waals surface area contributed by atoms with Crippen LogP contribution in [0.4, 0.5) is 0 Å². The second kappa shape index (κ2) is 5.85. The van der Waals surface area contributed by atoms with Gasteiger partial charge in [-0.05, 0) is 54.0 Å². The highest BCUT2D eigenvalue weighted by atomic mass is 79.9. The zero-order valence-electron chi connectivity index (χ0n) is 12.7. The molecule has 1 nitrogen and oxygen atoms in total. The fourth-order valence-corrected chi connectivity index (χ4v) is 3.10. The second-order valence-corrected chi connectivity index (χ2v) is 7.41. The number of allylic oxidation sites excluding steroid dienone is 1. The third-order valence-electron chi connectivity index (χ3n) is 4.87. The predicted molar refractivity (Wildman–Crippen MR) is 88.5 cm³/mol. The van der Waals surface area contributed by atoms with Crippen LogP contribution in [-0.2, 0) is 4.79 Å². The molecule has 1 saturated carbocycles. The summed E-state index contributed by atoms with van der Waals surface area (Å²) in [6.45, 7) is 8.61. The van der Waals surface area contributed by atoms with Gasteiger partial charge in [0.05, 0.1) is 0 Å². The summed E-state index contributed by atoms with van der Waals surface area (Å²) in [5, 5.41) is 0. The number of hydrogen-bond donors (Lipinski definition) is 0. The summed E-state index contributed by atoms with van der Waals surface area (Å²) >= 11 is 3.44. The lowest BCUT2D eigenvalue weighted by molar-refractivity contribution is -0.129. The summed E-state index contributed by atoms with van der Waals surface area (Å²) in [7, 11) is 0. The number of ketones is 1. The third-order valence-corrected chi connectivity index (χ3v) is 5.40. The third kappa shape index (κ3) is 2.90. The molecule has 2 rings (SSSR count). The summed E-state index contributed by atoms with van der Waals surface area (Å²) in [4.78, 5) is 12.9. The maximum Gasteiger partial charge on any atom is 0.165 e. The highest BCUT2D eigenvalue weighted by Gasteiger charge is 2.42. The first-order valence-corrected chi connectivity index (χ1v) is 8.16. The lowest BCUT2D eigenvalue weighted by atomic mass is 9.63. The Kier molecular flexibility index (Phi) is 4.53. The van der Waals surface area contributed by atoms with Gasteiger partial charge in [-0.1, -0.05) is 55.8 Å². The van der Waals surface area contributed by atoms with Crippen molar-refractivity contribution in [3.63, 3.8) is 0 Å². The van der Waals surface area contributed by atoms with Gasteiger partial charge >= 0.3 is 0 Å². The zero-order chi connectivity index (χ0) is 14.9. The van der Waals surface area contributed by atoms with Crippen molar-refractivity contribution >= 4 is 27.8 Å². The number of benzene rings is 1. The predicted octanol–water partition coefficient (Wildman–Crippen LogP) is 5.49. The van der Waals surface area contributed by atoms with E-state index in [1.54, 1.807) is 0 Å². The van der Waals surface area contributed by atoms with Crippen molar-refractivity contribution in [2.24, 2.45) is 17.3 Å².